The van der Waals surface area contributed by atoms with Crippen LogP contribution in [0, 0.1) is 18.3 Å². The van der Waals surface area contributed by atoms with Crippen LogP contribution in [-0.2, 0) is 42.2 Å². The molecule has 1 saturated heterocycles. The molecule has 3 atom stereocenters. The molecule has 0 bridgehead atoms. The van der Waals surface area contributed by atoms with Crippen molar-refractivity contribution < 1.29 is 47.6 Å². The average molecular weight is 979 g/mol. The van der Waals surface area contributed by atoms with Gasteiger partial charge in [-0.25, -0.2) is 19.6 Å². The van der Waals surface area contributed by atoms with E-state index >= 15 is 0 Å². The van der Waals surface area contributed by atoms with E-state index in [9.17, 15) is 29.1 Å². The van der Waals surface area contributed by atoms with Crippen molar-refractivity contribution in [2.24, 2.45) is 18.4 Å². The number of amides is 3. The molecule has 0 aliphatic carbocycles. The zero-order valence-electron chi connectivity index (χ0n) is 39.8. The van der Waals surface area contributed by atoms with E-state index < -0.39 is 29.4 Å². The number of aliphatic hydroxyl groups excluding tert-OH is 1. The van der Waals surface area contributed by atoms with Crippen molar-refractivity contribution in [2.45, 2.75) is 65.6 Å². The second-order valence-corrected chi connectivity index (χ2v) is 18.7. The largest absolute Gasteiger partial charge is 0.490 e. The van der Waals surface area contributed by atoms with Gasteiger partial charge in [-0.2, -0.15) is 5.10 Å². The number of benzene rings is 2. The van der Waals surface area contributed by atoms with Crippen molar-refractivity contribution in [1.29, 1.82) is 0 Å². The maximum atomic E-state index is 14.0. The lowest BCUT2D eigenvalue weighted by molar-refractivity contribution is -0.146. The molecule has 5 heterocycles. The van der Waals surface area contributed by atoms with Gasteiger partial charge in [0.2, 0.25) is 17.7 Å². The quantitative estimate of drug-likeness (QED) is 0.0683. The zero-order valence-corrected chi connectivity index (χ0v) is 40.7. The highest BCUT2D eigenvalue weighted by Gasteiger charge is 2.44. The summed E-state index contributed by atoms with van der Waals surface area (Å²) >= 11 is 1.57. The van der Waals surface area contributed by atoms with E-state index in [1.807, 2.05) is 57.5 Å². The van der Waals surface area contributed by atoms with Crippen molar-refractivity contribution in [2.75, 3.05) is 58.1 Å². The summed E-state index contributed by atoms with van der Waals surface area (Å²) in [5.74, 6) is -1.22. The highest BCUT2D eigenvalue weighted by molar-refractivity contribution is 7.13. The summed E-state index contributed by atoms with van der Waals surface area (Å²) in [6, 6.07) is 18.2. The Morgan fingerprint density at radius 3 is 2.31 bits per heavy atom. The van der Waals surface area contributed by atoms with Crippen molar-refractivity contribution in [1.82, 2.24) is 34.9 Å². The topological polar surface area (TPSA) is 239 Å². The Bertz CT molecular complexity index is 2800. The van der Waals surface area contributed by atoms with Crippen LogP contribution >= 0.6 is 11.3 Å². The van der Waals surface area contributed by atoms with E-state index in [-0.39, 0.29) is 86.9 Å². The number of hydrogen-bond acceptors (Lipinski definition) is 16. The first-order chi connectivity index (χ1) is 33.6. The number of hydrogen-bond donors (Lipinski definition) is 3. The Balaban J connectivity index is 0.737. The fourth-order valence-corrected chi connectivity index (χ4v) is 8.54. The number of carbonyl (C=O) groups is 4. The van der Waals surface area contributed by atoms with Gasteiger partial charge in [-0.05, 0) is 59.9 Å². The van der Waals surface area contributed by atoms with Crippen LogP contribution in [0.5, 0.6) is 5.75 Å². The molecule has 2 aromatic carbocycles. The van der Waals surface area contributed by atoms with E-state index in [1.54, 1.807) is 41.7 Å². The summed E-state index contributed by atoms with van der Waals surface area (Å²) in [7, 11) is 1.54. The van der Waals surface area contributed by atoms with Gasteiger partial charge in [0.05, 0.1) is 68.0 Å². The van der Waals surface area contributed by atoms with Gasteiger partial charge in [-0.3, -0.25) is 24.0 Å². The number of rotatable bonds is 23. The minimum Gasteiger partial charge on any atom is -0.490 e. The third-order valence-corrected chi connectivity index (χ3v) is 12.6. The summed E-state index contributed by atoms with van der Waals surface area (Å²) < 4.78 is 29.5. The van der Waals surface area contributed by atoms with Crippen molar-refractivity contribution >= 4 is 51.6 Å². The number of thiazole rings is 1. The van der Waals surface area contributed by atoms with E-state index in [4.69, 9.17) is 23.4 Å². The first kappa shape index (κ1) is 51.1. The second kappa shape index (κ2) is 23.7. The van der Waals surface area contributed by atoms with E-state index in [0.717, 1.165) is 21.7 Å². The number of Topliss-reactive ketones (excluding diaryl/α,β-unsaturated/α-hetero) is 1. The van der Waals surface area contributed by atoms with Crippen LogP contribution in [0.1, 0.15) is 61.8 Å². The van der Waals surface area contributed by atoms with Gasteiger partial charge in [0.1, 0.15) is 41.1 Å². The van der Waals surface area contributed by atoms with Gasteiger partial charge in [0.25, 0.3) is 11.5 Å². The summed E-state index contributed by atoms with van der Waals surface area (Å²) in [6.07, 6.45) is 0.831. The van der Waals surface area contributed by atoms with Crippen LogP contribution in [0.3, 0.4) is 0 Å². The number of oxazole rings is 1. The van der Waals surface area contributed by atoms with E-state index in [0.29, 0.717) is 54.7 Å². The Morgan fingerprint density at radius 1 is 0.914 bits per heavy atom. The summed E-state index contributed by atoms with van der Waals surface area (Å²) in [6.45, 7) is 9.87. The minimum atomic E-state index is -0.847. The summed E-state index contributed by atoms with van der Waals surface area (Å²) in [5.41, 5.74) is 5.96. The fourth-order valence-electron chi connectivity index (χ4n) is 7.73. The predicted molar refractivity (Wildman–Crippen MR) is 260 cm³/mol. The number of ketones is 1. The SMILES string of the molecule is Cc1ncsc1-c1ccc(CNC(=O)[C@@H]2C[C@@H](O)CN2C(=O)[C@@H](CC(=O)CCOCCOCCOCCOc2ccc(C(=O)Nc3ccc4oc(-c5ccc(=O)n(C)n5)nc4c3)nc2)C(C)(C)C)cc1. The number of nitrogens with one attached hydrogen (secondary N) is 2. The molecule has 7 rings (SSSR count). The number of aromatic nitrogens is 5. The molecule has 0 spiro atoms. The lowest BCUT2D eigenvalue weighted by Crippen LogP contribution is -2.50. The molecule has 0 saturated carbocycles. The fraction of sp³-hybridized carbons (Fsp3) is 0.420. The number of fused-ring (bicyclic) bond motifs is 1. The third-order valence-electron chi connectivity index (χ3n) is 11.6. The molecule has 3 amide bonds. The Labute approximate surface area is 408 Å². The molecule has 6 aromatic rings. The lowest BCUT2D eigenvalue weighted by atomic mass is 9.76. The molecule has 370 valence electrons. The molecule has 4 aromatic heterocycles. The van der Waals surface area contributed by atoms with Crippen LogP contribution in [0.25, 0.3) is 33.1 Å². The molecule has 0 unspecified atom stereocenters. The smallest absolute Gasteiger partial charge is 0.274 e. The van der Waals surface area contributed by atoms with Gasteiger partial charge in [-0.1, -0.05) is 45.0 Å². The molecule has 19 nitrogen and oxygen atoms in total. The van der Waals surface area contributed by atoms with Crippen LogP contribution in [0.15, 0.2) is 87.6 Å². The number of nitrogens with zero attached hydrogens (tertiary/aromatic N) is 6. The minimum absolute atomic E-state index is 0.0126. The van der Waals surface area contributed by atoms with Gasteiger partial charge in [0.15, 0.2) is 5.58 Å². The molecular formula is C50H58N8O11S. The number of β-amino-alcohol motifs (C(OH)–C–C–N with tert-alkyl or cyclic N) is 1. The van der Waals surface area contributed by atoms with Crippen molar-refractivity contribution in [3.63, 3.8) is 0 Å². The van der Waals surface area contributed by atoms with Crippen molar-refractivity contribution in [3.8, 4) is 27.8 Å². The molecule has 1 fully saturated rings. The summed E-state index contributed by atoms with van der Waals surface area (Å²) in [4.78, 5) is 80.6. The normalized spacial score (nSPS) is 15.3. The monoisotopic (exact) mass is 978 g/mol. The maximum absolute atomic E-state index is 14.0. The number of aryl methyl sites for hydroxylation is 2. The first-order valence-corrected chi connectivity index (χ1v) is 23.9. The number of pyridine rings is 1. The average Bonchev–Trinajstić information content (AvgIpc) is 4.09. The molecule has 1 aliphatic heterocycles. The second-order valence-electron chi connectivity index (χ2n) is 17.9. The number of ether oxygens (including phenoxy) is 4. The van der Waals surface area contributed by atoms with Gasteiger partial charge < -0.3 is 44.0 Å². The molecule has 0 radical (unpaired) electrons. The molecular weight excluding hydrogens is 921 g/mol. The van der Waals surface area contributed by atoms with Crippen LogP contribution in [-0.4, -0.2) is 123 Å². The number of aliphatic hydroxyl groups is 1. The molecule has 20 heteroatoms. The first-order valence-electron chi connectivity index (χ1n) is 23.0. The lowest BCUT2D eigenvalue weighted by Gasteiger charge is -2.34. The van der Waals surface area contributed by atoms with Crippen molar-refractivity contribution in [3.05, 3.63) is 106 Å². The van der Waals surface area contributed by atoms with Gasteiger partial charge >= 0.3 is 0 Å². The molecule has 70 heavy (non-hydrogen) atoms. The predicted octanol–water partition coefficient (Wildman–Crippen LogP) is 5.39. The Hall–Kier alpha value is -6.71. The highest BCUT2D eigenvalue weighted by atomic mass is 32.1. The molecule has 3 N–H and O–H groups in total. The van der Waals surface area contributed by atoms with Gasteiger partial charge in [0, 0.05) is 57.1 Å². The van der Waals surface area contributed by atoms with E-state index in [2.05, 4.69) is 30.7 Å². The Kier molecular flexibility index (Phi) is 17.3. The maximum Gasteiger partial charge on any atom is 0.274 e. The van der Waals surface area contributed by atoms with Crippen LogP contribution in [0.4, 0.5) is 5.69 Å². The van der Waals surface area contributed by atoms with E-state index in [1.165, 1.54) is 35.0 Å². The third kappa shape index (κ3) is 13.7. The van der Waals surface area contributed by atoms with Crippen LogP contribution in [0.2, 0.25) is 0 Å². The Morgan fingerprint density at radius 2 is 1.64 bits per heavy atom. The van der Waals surface area contributed by atoms with Gasteiger partial charge in [-0.15, -0.1) is 11.3 Å². The van der Waals surface area contributed by atoms with Crippen LogP contribution < -0.4 is 20.9 Å². The number of anilines is 1. The molecule has 1 aliphatic rings. The summed E-state index contributed by atoms with van der Waals surface area (Å²) in [5, 5.41) is 20.5. The zero-order chi connectivity index (χ0) is 49.8. The number of likely N-dealkylation sites (tertiary alicyclic amines) is 1. The highest BCUT2D eigenvalue weighted by Crippen LogP contribution is 2.34. The number of carbonyl (C=O) groups excluding carboxylic acids is 4. The standard InChI is InChI=1S/C50H58N8O11S/c1-31-45(70-30-53-31)33-8-6-32(7-9-33)27-52-47(63)42-26-36(60)29-58(42)49(64)38(50(2,3)4)25-35(59)16-17-65-18-19-66-20-21-67-22-23-68-37-11-12-39(51-28-37)46(62)54-34-10-14-43-41(24-34)55-48(69-43)40-13-15-44(61)57(5)56-40/h6-15,24,28,30,36,38,42,60H,16-23,25-27,29H2,1-5H3,(H,52,63)(H,54,62)/t36-,38-,42+/m1/s1.